The van der Waals surface area contributed by atoms with Crippen LogP contribution >= 0.6 is 11.3 Å². The van der Waals surface area contributed by atoms with Crippen molar-refractivity contribution in [1.82, 2.24) is 0 Å². The van der Waals surface area contributed by atoms with Crippen LogP contribution in [0.5, 0.6) is 0 Å². The maximum Gasteiger partial charge on any atom is 0.0496 e. The van der Waals surface area contributed by atoms with E-state index in [1.165, 1.54) is 53.7 Å². The number of hydrogen-bond acceptors (Lipinski definition) is 2. The van der Waals surface area contributed by atoms with Crippen LogP contribution in [0.15, 0.2) is 152 Å². The van der Waals surface area contributed by atoms with E-state index in [2.05, 4.69) is 151 Å². The number of hydrogen-bond donors (Lipinski definition) is 0. The van der Waals surface area contributed by atoms with Crippen LogP contribution in [0.4, 0.5) is 11.4 Å². The van der Waals surface area contributed by atoms with Gasteiger partial charge in [0.15, 0.2) is 0 Å². The molecule has 0 spiro atoms. The van der Waals surface area contributed by atoms with Crippen molar-refractivity contribution in [1.29, 1.82) is 0 Å². The summed E-state index contributed by atoms with van der Waals surface area (Å²) in [6.45, 7) is 4.42. The van der Waals surface area contributed by atoms with Crippen molar-refractivity contribution < 1.29 is 0 Å². The molecule has 0 atom stereocenters. The summed E-state index contributed by atoms with van der Waals surface area (Å²) in [5, 5.41) is 2.66. The van der Waals surface area contributed by atoms with Crippen molar-refractivity contribution in [2.75, 3.05) is 4.90 Å². The lowest BCUT2D eigenvalue weighted by atomic mass is 9.97. The second-order valence-corrected chi connectivity index (χ2v) is 11.0. The van der Waals surface area contributed by atoms with Gasteiger partial charge in [-0.05, 0) is 82.8 Å². The molecular formula is C37H27NS. The van der Waals surface area contributed by atoms with Crippen LogP contribution in [0.25, 0.3) is 42.4 Å². The molecule has 0 unspecified atom stereocenters. The van der Waals surface area contributed by atoms with Crippen LogP contribution in [0, 0.1) is 0 Å². The fourth-order valence-corrected chi connectivity index (χ4v) is 6.57. The lowest BCUT2D eigenvalue weighted by molar-refractivity contribution is 1.17. The Hall–Kier alpha value is -4.66. The Balaban J connectivity index is 1.29. The highest BCUT2D eigenvalue weighted by atomic mass is 32.1. The molecule has 2 heterocycles. The summed E-state index contributed by atoms with van der Waals surface area (Å²) in [5.74, 6) is 0. The fraction of sp³-hybridized carbons (Fsp3) is 0.0270. The molecule has 1 aliphatic heterocycles. The second-order valence-electron chi connectivity index (χ2n) is 9.89. The summed E-state index contributed by atoms with van der Waals surface area (Å²) in [6, 6.07) is 41.8. The Morgan fingerprint density at radius 2 is 1.31 bits per heavy atom. The van der Waals surface area contributed by atoms with Crippen molar-refractivity contribution in [2.45, 2.75) is 6.42 Å². The van der Waals surface area contributed by atoms with Crippen molar-refractivity contribution in [3.05, 3.63) is 157 Å². The number of anilines is 2. The van der Waals surface area contributed by atoms with Gasteiger partial charge < -0.3 is 4.90 Å². The molecule has 6 aromatic rings. The van der Waals surface area contributed by atoms with Gasteiger partial charge in [-0.15, -0.1) is 11.3 Å². The van der Waals surface area contributed by atoms with E-state index in [1.54, 1.807) is 0 Å². The summed E-state index contributed by atoms with van der Waals surface area (Å²) in [5.41, 5.74) is 9.34. The third-order valence-electron chi connectivity index (χ3n) is 7.40. The van der Waals surface area contributed by atoms with Crippen molar-refractivity contribution in [2.24, 2.45) is 0 Å². The zero-order valence-electron chi connectivity index (χ0n) is 21.5. The standard InChI is InChI=1S/C37H27NS/c1-26-11-3-2-4-12-27-13-5-7-19-35(27)38(26)32-17-10-16-30(24-32)28-14-9-15-29(23-28)31-21-22-37-34(25-31)33-18-6-8-20-36(33)39-37/h2-11,13-25H,1,12H2/b4-2-,11-3-. The maximum atomic E-state index is 4.42. The molecule has 0 N–H and O–H groups in total. The molecule has 0 radical (unpaired) electrons. The highest BCUT2D eigenvalue weighted by Gasteiger charge is 2.16. The quantitative estimate of drug-likeness (QED) is 0.226. The third kappa shape index (κ3) is 4.39. The first-order valence-electron chi connectivity index (χ1n) is 13.3. The molecule has 39 heavy (non-hydrogen) atoms. The zero-order valence-corrected chi connectivity index (χ0v) is 22.4. The molecule has 186 valence electrons. The van der Waals surface area contributed by atoms with Crippen LogP contribution < -0.4 is 4.90 Å². The summed E-state index contributed by atoms with van der Waals surface area (Å²) in [7, 11) is 0. The molecule has 1 aromatic heterocycles. The SMILES string of the molecule is C=C1/C=C\C=C/Cc2ccccc2N1c1cccc(-c2cccc(-c3ccc4sc5ccccc5c4c3)c2)c1. The molecule has 0 aliphatic carbocycles. The first-order chi connectivity index (χ1) is 19.2. The average molecular weight is 518 g/mol. The number of nitrogens with zero attached hydrogens (tertiary/aromatic N) is 1. The number of rotatable bonds is 3. The van der Waals surface area contributed by atoms with E-state index < -0.39 is 0 Å². The topological polar surface area (TPSA) is 3.24 Å². The minimum Gasteiger partial charge on any atom is -0.311 e. The van der Waals surface area contributed by atoms with Crippen molar-refractivity contribution >= 4 is 42.9 Å². The Morgan fingerprint density at radius 1 is 0.590 bits per heavy atom. The molecular weight excluding hydrogens is 490 g/mol. The smallest absolute Gasteiger partial charge is 0.0496 e. The van der Waals surface area contributed by atoms with Gasteiger partial charge >= 0.3 is 0 Å². The molecule has 0 bridgehead atoms. The third-order valence-corrected chi connectivity index (χ3v) is 8.56. The second kappa shape index (κ2) is 9.90. The Bertz CT molecular complexity index is 1920. The summed E-state index contributed by atoms with van der Waals surface area (Å²) >= 11 is 1.86. The summed E-state index contributed by atoms with van der Waals surface area (Å²) in [4.78, 5) is 2.27. The van der Waals surface area contributed by atoms with E-state index in [0.717, 1.165) is 17.8 Å². The molecule has 0 saturated heterocycles. The van der Waals surface area contributed by atoms with Crippen LogP contribution in [-0.2, 0) is 6.42 Å². The minimum absolute atomic E-state index is 0.885. The molecule has 1 nitrogen and oxygen atoms in total. The first-order valence-corrected chi connectivity index (χ1v) is 14.1. The predicted molar refractivity (Wildman–Crippen MR) is 170 cm³/mol. The average Bonchev–Trinajstić information content (AvgIpc) is 3.39. The van der Waals surface area contributed by atoms with Gasteiger partial charge in [0.2, 0.25) is 0 Å². The lowest BCUT2D eigenvalue weighted by Crippen LogP contribution is -2.16. The maximum absolute atomic E-state index is 4.42. The van der Waals surface area contributed by atoms with Crippen molar-refractivity contribution in [3.8, 4) is 22.3 Å². The van der Waals surface area contributed by atoms with Crippen LogP contribution in [0.2, 0.25) is 0 Å². The minimum atomic E-state index is 0.885. The zero-order chi connectivity index (χ0) is 26.2. The monoisotopic (exact) mass is 517 g/mol. The van der Waals surface area contributed by atoms with E-state index in [-0.39, 0.29) is 0 Å². The van der Waals surface area contributed by atoms with E-state index in [0.29, 0.717) is 0 Å². The number of thiophene rings is 1. The highest BCUT2D eigenvalue weighted by molar-refractivity contribution is 7.25. The van der Waals surface area contributed by atoms with E-state index >= 15 is 0 Å². The molecule has 0 amide bonds. The molecule has 5 aromatic carbocycles. The van der Waals surface area contributed by atoms with Gasteiger partial charge in [-0.1, -0.05) is 97.6 Å². The molecule has 7 rings (SSSR count). The van der Waals surface area contributed by atoms with Gasteiger partial charge in [-0.25, -0.2) is 0 Å². The van der Waals surface area contributed by atoms with E-state index in [4.69, 9.17) is 0 Å². The first kappa shape index (κ1) is 23.5. The van der Waals surface area contributed by atoms with Gasteiger partial charge in [-0.2, -0.15) is 0 Å². The lowest BCUT2D eigenvalue weighted by Gasteiger charge is -2.28. The summed E-state index contributed by atoms with van der Waals surface area (Å²) in [6.07, 6.45) is 9.34. The summed E-state index contributed by atoms with van der Waals surface area (Å²) < 4.78 is 2.67. The molecule has 1 aliphatic rings. The molecule has 2 heteroatoms. The van der Waals surface area contributed by atoms with Gasteiger partial charge in [-0.3, -0.25) is 0 Å². The Kier molecular flexibility index (Phi) is 5.96. The van der Waals surface area contributed by atoms with Crippen LogP contribution in [0.1, 0.15) is 5.56 Å². The van der Waals surface area contributed by atoms with Crippen molar-refractivity contribution in [3.63, 3.8) is 0 Å². The molecule has 0 fully saturated rings. The predicted octanol–water partition coefficient (Wildman–Crippen LogP) is 10.7. The van der Waals surface area contributed by atoms with Gasteiger partial charge in [0.1, 0.15) is 0 Å². The largest absolute Gasteiger partial charge is 0.311 e. The highest BCUT2D eigenvalue weighted by Crippen LogP contribution is 2.38. The Labute approximate surface area is 233 Å². The van der Waals surface area contributed by atoms with Gasteiger partial charge in [0.25, 0.3) is 0 Å². The Morgan fingerprint density at radius 3 is 2.21 bits per heavy atom. The number of benzene rings is 5. The van der Waals surface area contributed by atoms with E-state index in [1.807, 2.05) is 11.3 Å². The fourth-order valence-electron chi connectivity index (χ4n) is 5.48. The van der Waals surface area contributed by atoms with Gasteiger partial charge in [0, 0.05) is 37.2 Å². The van der Waals surface area contributed by atoms with E-state index in [9.17, 15) is 0 Å². The number of allylic oxidation sites excluding steroid dienone is 4. The van der Waals surface area contributed by atoms with Gasteiger partial charge in [0.05, 0.1) is 0 Å². The molecule has 0 saturated carbocycles. The normalized spacial score (nSPS) is 15.0. The van der Waals surface area contributed by atoms with Crippen LogP contribution in [0.3, 0.4) is 0 Å². The number of fused-ring (bicyclic) bond motifs is 4. The van der Waals surface area contributed by atoms with Crippen LogP contribution in [-0.4, -0.2) is 0 Å². The number of para-hydroxylation sites is 1.